The van der Waals surface area contributed by atoms with Gasteiger partial charge in [0.1, 0.15) is 5.82 Å². The third kappa shape index (κ3) is 2.57. The third-order valence-electron chi connectivity index (χ3n) is 2.87. The fourth-order valence-electron chi connectivity index (χ4n) is 1.50. The van der Waals surface area contributed by atoms with Crippen LogP contribution in [-0.4, -0.2) is 21.7 Å². The van der Waals surface area contributed by atoms with Gasteiger partial charge in [-0.15, -0.1) is 0 Å². The molecular formula is C11H15FN2O4. The van der Waals surface area contributed by atoms with E-state index in [0.29, 0.717) is 6.07 Å². The Balaban J connectivity index is 3.37. The maximum atomic E-state index is 13.3. The molecule has 6 nitrogen and oxygen atoms in total. The topological polar surface area (TPSA) is 110 Å². The van der Waals surface area contributed by atoms with E-state index in [-0.39, 0.29) is 12.2 Å². The quantitative estimate of drug-likeness (QED) is 0.559. The Morgan fingerprint density at radius 1 is 1.56 bits per heavy atom. The first-order chi connectivity index (χ1) is 8.20. The van der Waals surface area contributed by atoms with Crippen LogP contribution in [0.2, 0.25) is 0 Å². The highest BCUT2D eigenvalue weighted by Gasteiger charge is 2.32. The zero-order chi connectivity index (χ0) is 14.1. The van der Waals surface area contributed by atoms with E-state index >= 15 is 0 Å². The van der Waals surface area contributed by atoms with Crippen molar-refractivity contribution in [3.63, 3.8) is 0 Å². The minimum atomic E-state index is -0.933. The second-order valence-corrected chi connectivity index (χ2v) is 4.74. The van der Waals surface area contributed by atoms with Crippen molar-refractivity contribution in [3.05, 3.63) is 33.6 Å². The van der Waals surface area contributed by atoms with E-state index in [0.717, 1.165) is 6.07 Å². The summed E-state index contributed by atoms with van der Waals surface area (Å²) in [6.45, 7) is 2.90. The molecule has 4 N–H and O–H groups in total. The van der Waals surface area contributed by atoms with E-state index in [4.69, 9.17) is 5.73 Å². The Hall–Kier alpha value is -1.73. The number of hydrogen-bond donors (Lipinski definition) is 3. The predicted octanol–water partition coefficient (Wildman–Crippen LogP) is 1.46. The summed E-state index contributed by atoms with van der Waals surface area (Å²) in [6.07, 6.45) is 0. The average Bonchev–Trinajstić information content (AvgIpc) is 2.30. The number of aliphatic hydroxyl groups is 1. The second kappa shape index (κ2) is 4.87. The molecule has 0 heterocycles. The molecule has 18 heavy (non-hydrogen) atoms. The van der Waals surface area contributed by atoms with Crippen LogP contribution in [0.15, 0.2) is 12.1 Å². The molecule has 0 saturated carbocycles. The molecule has 1 aromatic carbocycles. The molecule has 0 spiro atoms. The molecule has 0 amide bonds. The summed E-state index contributed by atoms with van der Waals surface area (Å²) < 4.78 is 13.3. The van der Waals surface area contributed by atoms with E-state index < -0.39 is 33.6 Å². The summed E-state index contributed by atoms with van der Waals surface area (Å²) >= 11 is 0. The molecule has 0 bridgehead atoms. The highest BCUT2D eigenvalue weighted by molar-refractivity contribution is 5.52. The number of phenols is 1. The van der Waals surface area contributed by atoms with E-state index in [1.54, 1.807) is 13.8 Å². The average molecular weight is 258 g/mol. The van der Waals surface area contributed by atoms with Crippen LogP contribution in [0, 0.1) is 21.3 Å². The summed E-state index contributed by atoms with van der Waals surface area (Å²) in [5.41, 5.74) is 4.13. The first-order valence-electron chi connectivity index (χ1n) is 5.24. The van der Waals surface area contributed by atoms with Crippen LogP contribution >= 0.6 is 0 Å². The lowest BCUT2D eigenvalue weighted by atomic mass is 9.81. The Morgan fingerprint density at radius 3 is 2.56 bits per heavy atom. The van der Waals surface area contributed by atoms with Crippen molar-refractivity contribution >= 4 is 5.69 Å². The molecule has 0 aliphatic heterocycles. The lowest BCUT2D eigenvalue weighted by Gasteiger charge is -2.29. The number of nitro groups is 1. The van der Waals surface area contributed by atoms with Crippen molar-refractivity contribution in [1.82, 2.24) is 0 Å². The molecule has 1 rings (SSSR count). The van der Waals surface area contributed by atoms with Crippen LogP contribution < -0.4 is 5.73 Å². The van der Waals surface area contributed by atoms with Crippen LogP contribution in [0.4, 0.5) is 10.1 Å². The molecule has 7 heteroatoms. The van der Waals surface area contributed by atoms with Gasteiger partial charge in [0.25, 0.3) is 0 Å². The number of aliphatic hydroxyl groups excluding tert-OH is 1. The second-order valence-electron chi connectivity index (χ2n) is 4.74. The SMILES string of the molecule is CC(C)(CO)[C@H](N)c1cc(F)cc([N+](=O)[O-])c1O. The minimum absolute atomic E-state index is 0.0965. The van der Waals surface area contributed by atoms with Gasteiger partial charge in [-0.1, -0.05) is 13.8 Å². The zero-order valence-electron chi connectivity index (χ0n) is 10.1. The van der Waals surface area contributed by atoms with Gasteiger partial charge in [-0.05, 0) is 6.07 Å². The third-order valence-corrected chi connectivity index (χ3v) is 2.87. The number of benzene rings is 1. The molecular weight excluding hydrogens is 243 g/mol. The van der Waals surface area contributed by atoms with Gasteiger partial charge in [0.15, 0.2) is 5.75 Å². The van der Waals surface area contributed by atoms with Gasteiger partial charge in [0.2, 0.25) is 0 Å². The monoisotopic (exact) mass is 258 g/mol. The van der Waals surface area contributed by atoms with Gasteiger partial charge in [-0.3, -0.25) is 10.1 Å². The molecule has 0 saturated heterocycles. The van der Waals surface area contributed by atoms with Crippen LogP contribution in [0.25, 0.3) is 0 Å². The van der Waals surface area contributed by atoms with Gasteiger partial charge in [-0.2, -0.15) is 0 Å². The minimum Gasteiger partial charge on any atom is -0.502 e. The largest absolute Gasteiger partial charge is 0.502 e. The van der Waals surface area contributed by atoms with Gasteiger partial charge in [0.05, 0.1) is 11.0 Å². The molecule has 0 unspecified atom stereocenters. The van der Waals surface area contributed by atoms with Gasteiger partial charge >= 0.3 is 5.69 Å². The fraction of sp³-hybridized carbons (Fsp3) is 0.455. The van der Waals surface area contributed by atoms with Crippen molar-refractivity contribution < 1.29 is 19.5 Å². The van der Waals surface area contributed by atoms with E-state index in [2.05, 4.69) is 0 Å². The number of hydrogen-bond acceptors (Lipinski definition) is 5. The van der Waals surface area contributed by atoms with Crippen LogP contribution in [0.1, 0.15) is 25.5 Å². The Morgan fingerprint density at radius 2 is 2.11 bits per heavy atom. The number of halogens is 1. The van der Waals surface area contributed by atoms with Crippen molar-refractivity contribution in [2.45, 2.75) is 19.9 Å². The maximum Gasteiger partial charge on any atom is 0.313 e. The first kappa shape index (κ1) is 14.3. The summed E-state index contributed by atoms with van der Waals surface area (Å²) in [7, 11) is 0. The Kier molecular flexibility index (Phi) is 3.88. The van der Waals surface area contributed by atoms with Crippen LogP contribution in [0.5, 0.6) is 5.75 Å². The summed E-state index contributed by atoms with van der Waals surface area (Å²) in [4.78, 5) is 9.77. The summed E-state index contributed by atoms with van der Waals surface area (Å²) in [6, 6.07) is 0.624. The van der Waals surface area contributed by atoms with Crippen molar-refractivity contribution in [1.29, 1.82) is 0 Å². The van der Waals surface area contributed by atoms with Crippen molar-refractivity contribution in [2.75, 3.05) is 6.61 Å². The highest BCUT2D eigenvalue weighted by Crippen LogP contribution is 2.40. The first-order valence-corrected chi connectivity index (χ1v) is 5.24. The molecule has 1 aromatic rings. The summed E-state index contributed by atoms with van der Waals surface area (Å²) in [5, 5.41) is 29.6. The summed E-state index contributed by atoms with van der Waals surface area (Å²) in [5.74, 6) is -1.53. The standard InChI is InChI=1S/C11H15FN2O4/c1-11(2,5-15)10(13)7-3-6(12)4-8(9(7)16)14(17)18/h3-4,10,15-16H,5,13H2,1-2H3/t10-/m1/s1. The number of aromatic hydroxyl groups is 1. The number of nitrogens with two attached hydrogens (primary N) is 1. The molecule has 1 atom stereocenters. The Bertz CT molecular complexity index is 476. The number of phenolic OH excluding ortho intramolecular Hbond substituents is 1. The van der Waals surface area contributed by atoms with Crippen molar-refractivity contribution in [2.24, 2.45) is 11.1 Å². The van der Waals surface area contributed by atoms with Gasteiger partial charge < -0.3 is 15.9 Å². The number of rotatable bonds is 4. The maximum absolute atomic E-state index is 13.3. The lowest BCUT2D eigenvalue weighted by molar-refractivity contribution is -0.386. The van der Waals surface area contributed by atoms with Crippen molar-refractivity contribution in [3.8, 4) is 5.75 Å². The molecule has 0 aromatic heterocycles. The molecule has 0 aliphatic rings. The Labute approximate surface area is 103 Å². The fourth-order valence-corrected chi connectivity index (χ4v) is 1.50. The van der Waals surface area contributed by atoms with E-state index in [9.17, 15) is 24.7 Å². The number of nitrogens with zero attached hydrogens (tertiary/aromatic N) is 1. The lowest BCUT2D eigenvalue weighted by Crippen LogP contribution is -2.32. The zero-order valence-corrected chi connectivity index (χ0v) is 10.1. The highest BCUT2D eigenvalue weighted by atomic mass is 19.1. The molecule has 0 fully saturated rings. The van der Waals surface area contributed by atoms with Gasteiger partial charge in [-0.25, -0.2) is 4.39 Å². The molecule has 0 radical (unpaired) electrons. The predicted molar refractivity (Wildman–Crippen MR) is 62.5 cm³/mol. The smallest absolute Gasteiger partial charge is 0.313 e. The van der Waals surface area contributed by atoms with Gasteiger partial charge in [0, 0.05) is 23.6 Å². The van der Waals surface area contributed by atoms with E-state index in [1.165, 1.54) is 0 Å². The molecule has 100 valence electrons. The normalized spacial score (nSPS) is 13.4. The van der Waals surface area contributed by atoms with E-state index in [1.807, 2.05) is 0 Å². The molecule has 0 aliphatic carbocycles. The van der Waals surface area contributed by atoms with Crippen LogP contribution in [-0.2, 0) is 0 Å². The number of nitro benzene ring substituents is 1. The van der Waals surface area contributed by atoms with Crippen LogP contribution in [0.3, 0.4) is 0 Å².